The van der Waals surface area contributed by atoms with Crippen molar-refractivity contribution in [2.75, 3.05) is 7.11 Å². The molecule has 0 amide bonds. The lowest BCUT2D eigenvalue weighted by atomic mass is 10.3. The predicted molar refractivity (Wildman–Crippen MR) is 47.2 cm³/mol. The zero-order valence-electron chi connectivity index (χ0n) is 8.16. The van der Waals surface area contributed by atoms with Gasteiger partial charge in [-0.25, -0.2) is 4.79 Å². The van der Waals surface area contributed by atoms with Crippen LogP contribution in [0.3, 0.4) is 0 Å². The standard InChI is InChI=1S/C6H11NO4.CH2O3/c1-10-5-3-2-4-6(5)11-7(8)9;2-1(3)4/h5-6H,2-4H2,1H3;(H2,2,3,4)/t5-,6+;/m0./s1. The molecule has 1 fully saturated rings. The molecule has 0 saturated heterocycles. The summed E-state index contributed by atoms with van der Waals surface area (Å²) < 4.78 is 5.00. The van der Waals surface area contributed by atoms with Gasteiger partial charge in [-0.1, -0.05) is 0 Å². The maximum absolute atomic E-state index is 9.94. The van der Waals surface area contributed by atoms with Crippen molar-refractivity contribution >= 4 is 6.16 Å². The van der Waals surface area contributed by atoms with Gasteiger partial charge < -0.3 is 19.8 Å². The van der Waals surface area contributed by atoms with Gasteiger partial charge in [0, 0.05) is 7.11 Å². The van der Waals surface area contributed by atoms with E-state index in [1.807, 2.05) is 0 Å². The Labute approximate surface area is 85.5 Å². The quantitative estimate of drug-likeness (QED) is 0.540. The molecule has 1 saturated carbocycles. The SMILES string of the molecule is CO[C@H]1CCC[C@H]1O[N+](=O)[O-].O=C(O)O. The van der Waals surface area contributed by atoms with Gasteiger partial charge in [0.1, 0.15) is 6.10 Å². The van der Waals surface area contributed by atoms with E-state index in [0.717, 1.165) is 19.3 Å². The lowest BCUT2D eigenvalue weighted by molar-refractivity contribution is -0.770. The monoisotopic (exact) mass is 223 g/mol. The summed E-state index contributed by atoms with van der Waals surface area (Å²) in [6.45, 7) is 0. The van der Waals surface area contributed by atoms with E-state index in [1.165, 1.54) is 0 Å². The third-order valence-corrected chi connectivity index (χ3v) is 1.92. The second-order valence-electron chi connectivity index (χ2n) is 2.86. The van der Waals surface area contributed by atoms with Crippen LogP contribution in [0.5, 0.6) is 0 Å². The molecule has 1 rings (SSSR count). The molecule has 0 unspecified atom stereocenters. The van der Waals surface area contributed by atoms with Gasteiger partial charge >= 0.3 is 6.16 Å². The topological polar surface area (TPSA) is 119 Å². The number of methoxy groups -OCH3 is 1. The Balaban J connectivity index is 0.000000423. The highest BCUT2D eigenvalue weighted by Gasteiger charge is 2.29. The van der Waals surface area contributed by atoms with E-state index in [-0.39, 0.29) is 12.2 Å². The lowest BCUT2D eigenvalue weighted by Gasteiger charge is -2.14. The van der Waals surface area contributed by atoms with Crippen molar-refractivity contribution in [2.45, 2.75) is 31.5 Å². The van der Waals surface area contributed by atoms with Crippen molar-refractivity contribution in [1.82, 2.24) is 0 Å². The van der Waals surface area contributed by atoms with Gasteiger partial charge in [0.05, 0.1) is 6.10 Å². The Bertz CT molecular complexity index is 215. The van der Waals surface area contributed by atoms with Crippen molar-refractivity contribution in [1.29, 1.82) is 0 Å². The fraction of sp³-hybridized carbons (Fsp3) is 0.857. The van der Waals surface area contributed by atoms with Crippen LogP contribution in [-0.2, 0) is 9.57 Å². The minimum absolute atomic E-state index is 0.0969. The van der Waals surface area contributed by atoms with Crippen LogP contribution in [0.2, 0.25) is 0 Å². The molecule has 0 aliphatic heterocycles. The van der Waals surface area contributed by atoms with Crippen LogP contribution in [-0.4, -0.2) is 40.8 Å². The Kier molecular flexibility index (Phi) is 6.11. The summed E-state index contributed by atoms with van der Waals surface area (Å²) in [5, 5.41) is 23.1. The van der Waals surface area contributed by atoms with Gasteiger partial charge in [-0.2, -0.15) is 0 Å². The van der Waals surface area contributed by atoms with Crippen LogP contribution in [0.15, 0.2) is 0 Å². The molecule has 0 bridgehead atoms. The fourth-order valence-electron chi connectivity index (χ4n) is 1.39. The third kappa shape index (κ3) is 6.49. The first-order chi connectivity index (χ1) is 6.97. The van der Waals surface area contributed by atoms with Gasteiger partial charge in [0.2, 0.25) is 0 Å². The van der Waals surface area contributed by atoms with Gasteiger partial charge in [0.15, 0.2) is 0 Å². The summed E-state index contributed by atoms with van der Waals surface area (Å²) in [6, 6.07) is 0. The zero-order valence-corrected chi connectivity index (χ0v) is 8.16. The predicted octanol–water partition coefficient (Wildman–Crippen LogP) is 0.985. The normalized spacial score (nSPS) is 23.8. The summed E-state index contributed by atoms with van der Waals surface area (Å²) >= 11 is 0. The van der Waals surface area contributed by atoms with Gasteiger partial charge in [-0.3, -0.25) is 0 Å². The van der Waals surface area contributed by atoms with Crippen molar-refractivity contribution in [3.8, 4) is 0 Å². The average molecular weight is 223 g/mol. The molecule has 0 aromatic carbocycles. The van der Waals surface area contributed by atoms with Gasteiger partial charge in [0.25, 0.3) is 5.09 Å². The molecule has 8 nitrogen and oxygen atoms in total. The molecule has 2 atom stereocenters. The van der Waals surface area contributed by atoms with E-state index in [2.05, 4.69) is 4.84 Å². The molecule has 0 aromatic heterocycles. The number of hydrogen-bond donors (Lipinski definition) is 2. The minimum Gasteiger partial charge on any atom is -0.450 e. The summed E-state index contributed by atoms with van der Waals surface area (Å²) in [6.07, 6.45) is 0.237. The minimum atomic E-state index is -1.83. The van der Waals surface area contributed by atoms with E-state index >= 15 is 0 Å². The van der Waals surface area contributed by atoms with Crippen LogP contribution in [0.4, 0.5) is 4.79 Å². The molecule has 2 N–H and O–H groups in total. The maximum atomic E-state index is 9.94. The summed E-state index contributed by atoms with van der Waals surface area (Å²) in [4.78, 5) is 22.9. The highest BCUT2D eigenvalue weighted by molar-refractivity contribution is 5.53. The Morgan fingerprint density at radius 2 is 1.87 bits per heavy atom. The summed E-state index contributed by atoms with van der Waals surface area (Å²) in [5.74, 6) is 0. The zero-order chi connectivity index (χ0) is 11.8. The lowest BCUT2D eigenvalue weighted by Crippen LogP contribution is -2.27. The van der Waals surface area contributed by atoms with Crippen LogP contribution in [0, 0.1) is 10.1 Å². The largest absolute Gasteiger partial charge is 0.503 e. The highest BCUT2D eigenvalue weighted by atomic mass is 17.0. The first-order valence-electron chi connectivity index (χ1n) is 4.23. The van der Waals surface area contributed by atoms with Gasteiger partial charge in [-0.05, 0) is 19.3 Å². The number of carbonyl (C=O) groups is 1. The van der Waals surface area contributed by atoms with E-state index in [4.69, 9.17) is 19.7 Å². The molecule has 88 valence electrons. The summed E-state index contributed by atoms with van der Waals surface area (Å²) in [7, 11) is 1.55. The molecule has 0 radical (unpaired) electrons. The van der Waals surface area contributed by atoms with E-state index in [1.54, 1.807) is 7.11 Å². The average Bonchev–Trinajstić information content (AvgIpc) is 2.49. The number of nitrogens with zero attached hydrogens (tertiary/aromatic N) is 1. The number of rotatable bonds is 3. The number of carboxylic acid groups (broad SMARTS) is 2. The van der Waals surface area contributed by atoms with E-state index < -0.39 is 11.2 Å². The van der Waals surface area contributed by atoms with Crippen LogP contribution >= 0.6 is 0 Å². The summed E-state index contributed by atoms with van der Waals surface area (Å²) in [5.41, 5.74) is 0. The second-order valence-corrected chi connectivity index (χ2v) is 2.86. The number of hydrogen-bond acceptors (Lipinski definition) is 5. The first kappa shape index (κ1) is 13.4. The molecular formula is C7H13NO7. The number of ether oxygens (including phenoxy) is 1. The Hall–Kier alpha value is -1.57. The molecular weight excluding hydrogens is 210 g/mol. The molecule has 15 heavy (non-hydrogen) atoms. The molecule has 0 heterocycles. The molecule has 0 spiro atoms. The molecule has 1 aliphatic rings. The van der Waals surface area contributed by atoms with E-state index in [9.17, 15) is 10.1 Å². The second kappa shape index (κ2) is 6.82. The highest BCUT2D eigenvalue weighted by Crippen LogP contribution is 2.24. The molecule has 0 aromatic rings. The molecule has 8 heteroatoms. The third-order valence-electron chi connectivity index (χ3n) is 1.92. The maximum Gasteiger partial charge on any atom is 0.503 e. The van der Waals surface area contributed by atoms with Gasteiger partial charge in [-0.15, -0.1) is 10.1 Å². The van der Waals surface area contributed by atoms with Crippen molar-refractivity contribution in [2.24, 2.45) is 0 Å². The Morgan fingerprint density at radius 1 is 1.40 bits per heavy atom. The van der Waals surface area contributed by atoms with Crippen LogP contribution < -0.4 is 0 Å². The smallest absolute Gasteiger partial charge is 0.450 e. The van der Waals surface area contributed by atoms with Crippen LogP contribution in [0.25, 0.3) is 0 Å². The van der Waals surface area contributed by atoms with Crippen molar-refractivity contribution in [3.05, 3.63) is 10.1 Å². The van der Waals surface area contributed by atoms with E-state index in [0.29, 0.717) is 0 Å². The van der Waals surface area contributed by atoms with Crippen LogP contribution in [0.1, 0.15) is 19.3 Å². The van der Waals surface area contributed by atoms with Crippen molar-refractivity contribution < 1.29 is 29.7 Å². The van der Waals surface area contributed by atoms with Crippen molar-refractivity contribution in [3.63, 3.8) is 0 Å². The first-order valence-corrected chi connectivity index (χ1v) is 4.23. The molecule has 1 aliphatic carbocycles. The fourth-order valence-corrected chi connectivity index (χ4v) is 1.39. The Morgan fingerprint density at radius 3 is 2.27 bits per heavy atom.